The van der Waals surface area contributed by atoms with Gasteiger partial charge in [0.2, 0.25) is 0 Å². The average Bonchev–Trinajstić information content (AvgIpc) is 3.26. The lowest BCUT2D eigenvalue weighted by molar-refractivity contribution is 0.0238. The van der Waals surface area contributed by atoms with Crippen LogP contribution in [0.25, 0.3) is 11.0 Å². The van der Waals surface area contributed by atoms with E-state index in [4.69, 9.17) is 9.73 Å². The zero-order valence-corrected chi connectivity index (χ0v) is 18.9. The molecule has 0 bridgehead atoms. The van der Waals surface area contributed by atoms with E-state index in [2.05, 4.69) is 19.9 Å². The summed E-state index contributed by atoms with van der Waals surface area (Å²) in [6.07, 6.45) is 9.28. The van der Waals surface area contributed by atoms with Crippen molar-refractivity contribution in [2.24, 2.45) is 4.99 Å². The van der Waals surface area contributed by atoms with Gasteiger partial charge < -0.3 is 14.5 Å². The van der Waals surface area contributed by atoms with Crippen LogP contribution in [0.4, 0.5) is 16.2 Å². The molecule has 2 aromatic heterocycles. The van der Waals surface area contributed by atoms with E-state index in [0.717, 1.165) is 40.9 Å². The molecule has 1 fully saturated rings. The monoisotopic (exact) mass is 432 g/mol. The maximum atomic E-state index is 12.5. The Morgan fingerprint density at radius 2 is 1.97 bits per heavy atom. The summed E-state index contributed by atoms with van der Waals surface area (Å²) in [4.78, 5) is 34.0. The molecule has 32 heavy (non-hydrogen) atoms. The highest BCUT2D eigenvalue weighted by atomic mass is 16.6. The second kappa shape index (κ2) is 8.90. The van der Waals surface area contributed by atoms with Crippen molar-refractivity contribution in [3.63, 3.8) is 0 Å². The van der Waals surface area contributed by atoms with Crippen molar-refractivity contribution in [1.82, 2.24) is 19.9 Å². The normalized spacial score (nSPS) is 16.6. The highest BCUT2D eigenvalue weighted by Gasteiger charge is 2.31. The lowest BCUT2D eigenvalue weighted by atomic mass is 10.2. The van der Waals surface area contributed by atoms with Gasteiger partial charge in [-0.1, -0.05) is 6.07 Å². The largest absolute Gasteiger partial charge is 0.444 e. The van der Waals surface area contributed by atoms with Gasteiger partial charge >= 0.3 is 6.09 Å². The van der Waals surface area contributed by atoms with Crippen LogP contribution in [0.3, 0.4) is 0 Å². The van der Waals surface area contributed by atoms with E-state index in [-0.39, 0.29) is 12.1 Å². The van der Waals surface area contributed by atoms with Gasteiger partial charge in [0.25, 0.3) is 0 Å². The molecule has 1 aromatic carbocycles. The number of anilines is 1. The molecule has 0 aliphatic carbocycles. The number of nitrogens with zero attached hydrogens (tertiary/aromatic N) is 6. The number of pyridine rings is 1. The van der Waals surface area contributed by atoms with Crippen LogP contribution in [0.2, 0.25) is 0 Å². The predicted molar refractivity (Wildman–Crippen MR) is 126 cm³/mol. The number of hydrogen-bond acceptors (Lipinski definition) is 7. The first kappa shape index (κ1) is 21.7. The molecule has 0 saturated carbocycles. The topological polar surface area (TPSA) is 83.8 Å². The van der Waals surface area contributed by atoms with Crippen LogP contribution in [0, 0.1) is 0 Å². The maximum absolute atomic E-state index is 12.5. The van der Waals surface area contributed by atoms with Gasteiger partial charge in [0, 0.05) is 44.9 Å². The molecule has 166 valence electrons. The SMILES string of the molecule is CN(C(=O)OC(C)(C)C)[C@@H]1CCN(c2ccncc2/N=C/c2ccc3nccnc3c2)C1. The van der Waals surface area contributed by atoms with Crippen molar-refractivity contribution < 1.29 is 9.53 Å². The summed E-state index contributed by atoms with van der Waals surface area (Å²) in [5.74, 6) is 0. The molecule has 0 spiro atoms. The third-order valence-corrected chi connectivity index (χ3v) is 5.36. The van der Waals surface area contributed by atoms with Gasteiger partial charge in [-0.25, -0.2) is 4.79 Å². The van der Waals surface area contributed by atoms with Crippen LogP contribution >= 0.6 is 0 Å². The quantitative estimate of drug-likeness (QED) is 0.574. The fraction of sp³-hybridized carbons (Fsp3) is 0.375. The van der Waals surface area contributed by atoms with E-state index in [1.54, 1.807) is 36.7 Å². The fourth-order valence-corrected chi connectivity index (χ4v) is 3.71. The first-order valence-electron chi connectivity index (χ1n) is 10.7. The molecule has 0 N–H and O–H groups in total. The molecule has 1 saturated heterocycles. The second-order valence-corrected chi connectivity index (χ2v) is 8.91. The predicted octanol–water partition coefficient (Wildman–Crippen LogP) is 4.22. The molecular weight excluding hydrogens is 404 g/mol. The summed E-state index contributed by atoms with van der Waals surface area (Å²) in [5.41, 5.74) is 3.89. The van der Waals surface area contributed by atoms with Crippen LogP contribution in [-0.4, -0.2) is 63.9 Å². The van der Waals surface area contributed by atoms with Crippen LogP contribution in [-0.2, 0) is 4.74 Å². The third kappa shape index (κ3) is 5.01. The molecule has 1 aliphatic rings. The van der Waals surface area contributed by atoms with E-state index in [0.29, 0.717) is 6.54 Å². The van der Waals surface area contributed by atoms with Crippen LogP contribution < -0.4 is 4.90 Å². The van der Waals surface area contributed by atoms with Crippen LogP contribution in [0.5, 0.6) is 0 Å². The van der Waals surface area contributed by atoms with Gasteiger partial charge in [-0.3, -0.25) is 19.9 Å². The Hall–Kier alpha value is -3.55. The zero-order chi connectivity index (χ0) is 22.7. The molecule has 3 aromatic rings. The first-order valence-corrected chi connectivity index (χ1v) is 10.7. The highest BCUT2D eigenvalue weighted by molar-refractivity contribution is 5.89. The molecule has 1 atom stereocenters. The number of likely N-dealkylation sites (N-methyl/N-ethyl adjacent to an activating group) is 1. The lowest BCUT2D eigenvalue weighted by Gasteiger charge is -2.29. The number of rotatable bonds is 4. The Morgan fingerprint density at radius 1 is 1.19 bits per heavy atom. The summed E-state index contributed by atoms with van der Waals surface area (Å²) >= 11 is 0. The lowest BCUT2D eigenvalue weighted by Crippen LogP contribution is -2.42. The summed E-state index contributed by atoms with van der Waals surface area (Å²) in [7, 11) is 1.80. The van der Waals surface area contributed by atoms with Gasteiger partial charge in [-0.15, -0.1) is 0 Å². The zero-order valence-electron chi connectivity index (χ0n) is 18.9. The molecule has 0 radical (unpaired) electrons. The molecule has 3 heterocycles. The van der Waals surface area contributed by atoms with Gasteiger partial charge in [-0.05, 0) is 51.0 Å². The fourth-order valence-electron chi connectivity index (χ4n) is 3.71. The molecule has 0 unspecified atom stereocenters. The number of aromatic nitrogens is 3. The number of aliphatic imine (C=N–C) groups is 1. The Labute approximate surface area is 188 Å². The van der Waals surface area contributed by atoms with Gasteiger partial charge in [0.05, 0.1) is 29.0 Å². The summed E-state index contributed by atoms with van der Waals surface area (Å²) < 4.78 is 5.52. The number of hydrogen-bond donors (Lipinski definition) is 0. The molecule has 1 aliphatic heterocycles. The molecule has 1 amide bonds. The van der Waals surface area contributed by atoms with Crippen molar-refractivity contribution in [2.75, 3.05) is 25.0 Å². The maximum Gasteiger partial charge on any atom is 0.410 e. The van der Waals surface area contributed by atoms with Crippen LogP contribution in [0.1, 0.15) is 32.8 Å². The van der Waals surface area contributed by atoms with Crippen molar-refractivity contribution in [3.8, 4) is 0 Å². The Bertz CT molecular complexity index is 1140. The third-order valence-electron chi connectivity index (χ3n) is 5.36. The first-order chi connectivity index (χ1) is 15.3. The van der Waals surface area contributed by atoms with Crippen molar-refractivity contribution in [2.45, 2.75) is 38.8 Å². The smallest absolute Gasteiger partial charge is 0.410 e. The van der Waals surface area contributed by atoms with E-state index in [9.17, 15) is 4.79 Å². The van der Waals surface area contributed by atoms with Gasteiger partial charge in [0.15, 0.2) is 0 Å². The van der Waals surface area contributed by atoms with Crippen LogP contribution in [0.15, 0.2) is 54.0 Å². The second-order valence-electron chi connectivity index (χ2n) is 8.91. The number of benzene rings is 1. The minimum absolute atomic E-state index is 0.0777. The number of fused-ring (bicyclic) bond motifs is 1. The highest BCUT2D eigenvalue weighted by Crippen LogP contribution is 2.31. The van der Waals surface area contributed by atoms with Crippen molar-refractivity contribution in [1.29, 1.82) is 0 Å². The molecule has 4 rings (SSSR count). The summed E-state index contributed by atoms with van der Waals surface area (Å²) in [6, 6.07) is 7.91. The Kier molecular flexibility index (Phi) is 6.03. The number of amides is 1. The number of carbonyl (C=O) groups is 1. The van der Waals surface area contributed by atoms with E-state index < -0.39 is 5.60 Å². The summed E-state index contributed by atoms with van der Waals surface area (Å²) in [5, 5.41) is 0. The van der Waals surface area contributed by atoms with Gasteiger partial charge in [-0.2, -0.15) is 0 Å². The van der Waals surface area contributed by atoms with E-state index >= 15 is 0 Å². The number of ether oxygens (including phenoxy) is 1. The molecule has 8 nitrogen and oxygen atoms in total. The Morgan fingerprint density at radius 3 is 2.75 bits per heavy atom. The molecular formula is C24H28N6O2. The minimum atomic E-state index is -0.509. The van der Waals surface area contributed by atoms with E-state index in [1.807, 2.05) is 51.3 Å². The minimum Gasteiger partial charge on any atom is -0.444 e. The standard InChI is InChI=1S/C24H28N6O2/c1-24(2,3)32-23(31)29(4)18-8-12-30(16-18)22-7-9-25-15-21(22)28-14-17-5-6-19-20(13-17)27-11-10-26-19/h5-7,9-11,13-15,18H,8,12,16H2,1-4H3/b28-14+/t18-/m1/s1. The van der Waals surface area contributed by atoms with Gasteiger partial charge in [0.1, 0.15) is 11.3 Å². The molecule has 8 heteroatoms. The van der Waals surface area contributed by atoms with E-state index in [1.165, 1.54) is 0 Å². The Balaban J connectivity index is 1.48. The number of carbonyl (C=O) groups excluding carboxylic acids is 1. The van der Waals surface area contributed by atoms with Crippen molar-refractivity contribution >= 4 is 34.7 Å². The summed E-state index contributed by atoms with van der Waals surface area (Å²) in [6.45, 7) is 7.18. The van der Waals surface area contributed by atoms with Crippen molar-refractivity contribution in [3.05, 3.63) is 54.6 Å². The average molecular weight is 433 g/mol.